The number of carbonyl (C=O) groups is 3. The molecule has 1 unspecified atom stereocenters. The topological polar surface area (TPSA) is 94.2 Å². The summed E-state index contributed by atoms with van der Waals surface area (Å²) in [5.41, 5.74) is 0. The minimum absolute atomic E-state index is 0.0196. The Morgan fingerprint density at radius 3 is 2.48 bits per heavy atom. The summed E-state index contributed by atoms with van der Waals surface area (Å²) in [7, 11) is 0. The number of amides is 3. The van der Waals surface area contributed by atoms with E-state index in [0.717, 1.165) is 37.0 Å². The van der Waals surface area contributed by atoms with Crippen LogP contribution in [0.15, 0.2) is 24.3 Å². The quantitative estimate of drug-likeness (QED) is 0.351. The Morgan fingerprint density at radius 1 is 1.00 bits per heavy atom. The van der Waals surface area contributed by atoms with Crippen molar-refractivity contribution in [3.05, 3.63) is 24.3 Å². The van der Waals surface area contributed by atoms with Gasteiger partial charge in [0.25, 0.3) is 11.8 Å². The molecule has 8 nitrogen and oxygen atoms in total. The van der Waals surface area contributed by atoms with Gasteiger partial charge in [0.15, 0.2) is 0 Å². The highest BCUT2D eigenvalue weighted by Crippen LogP contribution is 2.15. The average Bonchev–Trinajstić information content (AvgIpc) is 2.94. The maximum Gasteiger partial charge on any atom is 0.407 e. The van der Waals surface area contributed by atoms with Crippen LogP contribution in [0.3, 0.4) is 0 Å². The SMILES string of the molecule is O=C(NCCOCCOCCN1C(=O)C=CC1=O)OC1CC/C=C/CCC1. The summed E-state index contributed by atoms with van der Waals surface area (Å²) in [5, 5.41) is 2.68. The van der Waals surface area contributed by atoms with Gasteiger partial charge in [-0.15, -0.1) is 0 Å². The fourth-order valence-electron chi connectivity index (χ4n) is 2.79. The lowest BCUT2D eigenvalue weighted by atomic mass is 10.0. The maximum absolute atomic E-state index is 11.8. The van der Waals surface area contributed by atoms with E-state index in [0.29, 0.717) is 26.4 Å². The van der Waals surface area contributed by atoms with E-state index >= 15 is 0 Å². The molecule has 1 aliphatic heterocycles. The zero-order chi connectivity index (χ0) is 19.3. The number of carbonyl (C=O) groups excluding carboxylic acids is 3. The summed E-state index contributed by atoms with van der Waals surface area (Å²) in [6, 6.07) is 0. The average molecular weight is 380 g/mol. The predicted molar refractivity (Wildman–Crippen MR) is 98.0 cm³/mol. The van der Waals surface area contributed by atoms with Gasteiger partial charge >= 0.3 is 6.09 Å². The fraction of sp³-hybridized carbons (Fsp3) is 0.632. The van der Waals surface area contributed by atoms with Gasteiger partial charge < -0.3 is 19.5 Å². The third-order valence-corrected chi connectivity index (χ3v) is 4.24. The molecule has 1 aliphatic carbocycles. The molecule has 8 heteroatoms. The van der Waals surface area contributed by atoms with E-state index in [2.05, 4.69) is 17.5 Å². The van der Waals surface area contributed by atoms with Crippen LogP contribution in [0.4, 0.5) is 4.79 Å². The fourth-order valence-corrected chi connectivity index (χ4v) is 2.79. The molecule has 0 aromatic carbocycles. The third kappa shape index (κ3) is 8.36. The van der Waals surface area contributed by atoms with Crippen molar-refractivity contribution in [2.24, 2.45) is 0 Å². The first-order valence-corrected chi connectivity index (χ1v) is 9.45. The smallest absolute Gasteiger partial charge is 0.407 e. The van der Waals surface area contributed by atoms with Gasteiger partial charge in [-0.3, -0.25) is 14.5 Å². The van der Waals surface area contributed by atoms with Gasteiger partial charge in [-0.1, -0.05) is 12.2 Å². The molecular formula is C19H28N2O6. The molecule has 0 spiro atoms. The molecule has 150 valence electrons. The lowest BCUT2D eigenvalue weighted by Gasteiger charge is -2.18. The first-order chi connectivity index (χ1) is 13.2. The molecule has 27 heavy (non-hydrogen) atoms. The molecule has 0 bridgehead atoms. The zero-order valence-corrected chi connectivity index (χ0v) is 15.6. The molecular weight excluding hydrogens is 352 g/mol. The minimum Gasteiger partial charge on any atom is -0.446 e. The van der Waals surface area contributed by atoms with Crippen LogP contribution in [0.1, 0.15) is 32.1 Å². The van der Waals surface area contributed by atoms with Gasteiger partial charge in [0.2, 0.25) is 0 Å². The first-order valence-electron chi connectivity index (χ1n) is 9.45. The Kier molecular flexibility index (Phi) is 9.57. The monoisotopic (exact) mass is 380 g/mol. The van der Waals surface area contributed by atoms with Crippen LogP contribution in [-0.4, -0.2) is 68.4 Å². The standard InChI is InChI=1S/C19H28N2O6/c22-17-8-9-18(23)21(17)11-13-26-15-14-25-12-10-20-19(24)27-16-6-4-2-1-3-5-7-16/h1-2,8-9,16H,3-7,10-15H2,(H,20,24)/b2-1+. The number of nitrogens with zero attached hydrogens (tertiary/aromatic N) is 1. The second kappa shape index (κ2) is 12.2. The van der Waals surface area contributed by atoms with E-state index in [1.807, 2.05) is 0 Å². The number of alkyl carbamates (subject to hydrolysis) is 1. The molecule has 0 radical (unpaired) electrons. The van der Waals surface area contributed by atoms with Crippen LogP contribution < -0.4 is 5.32 Å². The lowest BCUT2D eigenvalue weighted by molar-refractivity contribution is -0.137. The Bertz CT molecular complexity index is 542. The number of hydrogen-bond acceptors (Lipinski definition) is 6. The number of hydrogen-bond donors (Lipinski definition) is 1. The molecule has 1 heterocycles. The van der Waals surface area contributed by atoms with Gasteiger partial charge in [-0.25, -0.2) is 4.79 Å². The van der Waals surface area contributed by atoms with Gasteiger partial charge in [0, 0.05) is 18.7 Å². The highest BCUT2D eigenvalue weighted by Gasteiger charge is 2.22. The Balaban J connectivity index is 1.40. The highest BCUT2D eigenvalue weighted by molar-refractivity contribution is 6.12. The van der Waals surface area contributed by atoms with Gasteiger partial charge in [-0.05, 0) is 32.1 Å². The largest absolute Gasteiger partial charge is 0.446 e. The summed E-state index contributed by atoms with van der Waals surface area (Å²) in [5.74, 6) is -0.623. The third-order valence-electron chi connectivity index (χ3n) is 4.24. The summed E-state index contributed by atoms with van der Waals surface area (Å²) in [4.78, 5) is 35.5. The van der Waals surface area contributed by atoms with E-state index < -0.39 is 6.09 Å². The Labute approximate surface area is 159 Å². The van der Waals surface area contributed by atoms with Crippen LogP contribution in [0, 0.1) is 0 Å². The highest BCUT2D eigenvalue weighted by atomic mass is 16.6. The number of ether oxygens (including phenoxy) is 3. The molecule has 0 fully saturated rings. The van der Waals surface area contributed by atoms with E-state index in [-0.39, 0.29) is 31.1 Å². The molecule has 2 aliphatic rings. The van der Waals surface area contributed by atoms with Crippen molar-refractivity contribution < 1.29 is 28.6 Å². The second-order valence-corrected chi connectivity index (χ2v) is 6.32. The van der Waals surface area contributed by atoms with Gasteiger partial charge in [-0.2, -0.15) is 0 Å². The second-order valence-electron chi connectivity index (χ2n) is 6.32. The van der Waals surface area contributed by atoms with Crippen molar-refractivity contribution >= 4 is 17.9 Å². The first kappa shape index (κ1) is 21.1. The lowest BCUT2D eigenvalue weighted by Crippen LogP contribution is -2.33. The van der Waals surface area contributed by atoms with Crippen LogP contribution in [-0.2, 0) is 23.8 Å². The van der Waals surface area contributed by atoms with E-state index in [1.165, 1.54) is 12.2 Å². The van der Waals surface area contributed by atoms with Crippen LogP contribution in [0.25, 0.3) is 0 Å². The molecule has 0 aromatic heterocycles. The normalized spacial score (nSPS) is 21.0. The van der Waals surface area contributed by atoms with E-state index in [4.69, 9.17) is 14.2 Å². The van der Waals surface area contributed by atoms with Crippen LogP contribution >= 0.6 is 0 Å². The van der Waals surface area contributed by atoms with Crippen molar-refractivity contribution in [3.63, 3.8) is 0 Å². The van der Waals surface area contributed by atoms with Crippen molar-refractivity contribution in [2.75, 3.05) is 39.5 Å². The minimum atomic E-state index is -0.405. The van der Waals surface area contributed by atoms with Crippen molar-refractivity contribution in [2.45, 2.75) is 38.2 Å². The number of imide groups is 1. The molecule has 2 rings (SSSR count). The molecule has 1 N–H and O–H groups in total. The van der Waals surface area contributed by atoms with Gasteiger partial charge in [0.1, 0.15) is 6.10 Å². The summed E-state index contributed by atoms with van der Waals surface area (Å²) >= 11 is 0. The van der Waals surface area contributed by atoms with Crippen LogP contribution in [0.2, 0.25) is 0 Å². The molecule has 0 aromatic rings. The number of nitrogens with one attached hydrogen (secondary N) is 1. The zero-order valence-electron chi connectivity index (χ0n) is 15.6. The maximum atomic E-state index is 11.8. The number of rotatable bonds is 10. The van der Waals surface area contributed by atoms with Crippen molar-refractivity contribution in [1.82, 2.24) is 10.2 Å². The molecule has 0 saturated heterocycles. The van der Waals surface area contributed by atoms with E-state index in [1.54, 1.807) is 0 Å². The van der Waals surface area contributed by atoms with Crippen molar-refractivity contribution in [3.8, 4) is 0 Å². The van der Waals surface area contributed by atoms with Gasteiger partial charge in [0.05, 0.1) is 33.0 Å². The Hall–Kier alpha value is -2.19. The number of allylic oxidation sites excluding steroid dienone is 2. The summed E-state index contributed by atoms with van der Waals surface area (Å²) in [6.07, 6.45) is 11.2. The molecule has 3 amide bonds. The summed E-state index contributed by atoms with van der Waals surface area (Å²) in [6.45, 7) is 1.95. The molecule has 0 saturated carbocycles. The van der Waals surface area contributed by atoms with E-state index in [9.17, 15) is 14.4 Å². The Morgan fingerprint density at radius 2 is 1.70 bits per heavy atom. The van der Waals surface area contributed by atoms with Crippen LogP contribution in [0.5, 0.6) is 0 Å². The predicted octanol–water partition coefficient (Wildman–Crippen LogP) is 1.56. The molecule has 1 atom stereocenters. The summed E-state index contributed by atoms with van der Waals surface area (Å²) < 4.78 is 16.1. The van der Waals surface area contributed by atoms with Crippen molar-refractivity contribution in [1.29, 1.82) is 0 Å².